The van der Waals surface area contributed by atoms with Gasteiger partial charge >= 0.3 is 5.97 Å². The molecule has 0 saturated carbocycles. The molecule has 0 aromatic heterocycles. The molecule has 0 fully saturated rings. The molecule has 4 nitrogen and oxygen atoms in total. The highest BCUT2D eigenvalue weighted by atomic mass is 16.5. The minimum absolute atomic E-state index is 0.0830. The van der Waals surface area contributed by atoms with Gasteiger partial charge in [0.2, 0.25) is 0 Å². The van der Waals surface area contributed by atoms with Crippen LogP contribution in [0, 0.1) is 0 Å². The molecule has 0 saturated heterocycles. The molecule has 78 valence electrons. The number of nitrogens with one attached hydrogen (secondary N) is 1. The summed E-state index contributed by atoms with van der Waals surface area (Å²) in [6.45, 7) is 2.60. The first-order valence-corrected chi connectivity index (χ1v) is 4.80. The first kappa shape index (κ1) is 9.71. The van der Waals surface area contributed by atoms with Crippen LogP contribution in [0.25, 0.3) is 0 Å². The van der Waals surface area contributed by atoms with Crippen LogP contribution in [0.2, 0.25) is 0 Å². The molecule has 0 bridgehead atoms. The van der Waals surface area contributed by atoms with E-state index in [1.54, 1.807) is 25.1 Å². The minimum atomic E-state index is -0.348. The third-order valence-electron chi connectivity index (χ3n) is 2.30. The molecule has 0 atom stereocenters. The topological polar surface area (TPSA) is 55.4 Å². The van der Waals surface area contributed by atoms with Crippen LogP contribution in [-0.4, -0.2) is 18.5 Å². The SMILES string of the molecule is CCOC(=O)c1ccc2c(c1)CNC2=O. The number of carbonyl (C=O) groups is 2. The van der Waals surface area contributed by atoms with E-state index in [1.807, 2.05) is 0 Å². The van der Waals surface area contributed by atoms with Crippen LogP contribution in [0.1, 0.15) is 33.2 Å². The molecular formula is C11H11NO3. The van der Waals surface area contributed by atoms with Gasteiger partial charge in [0.05, 0.1) is 12.2 Å². The predicted molar refractivity (Wildman–Crippen MR) is 53.6 cm³/mol. The number of fused-ring (bicyclic) bond motifs is 1. The Kier molecular flexibility index (Phi) is 2.41. The van der Waals surface area contributed by atoms with E-state index in [9.17, 15) is 9.59 Å². The number of ether oxygens (including phenoxy) is 1. The molecule has 2 rings (SSSR count). The number of hydrogen-bond donors (Lipinski definition) is 1. The van der Waals surface area contributed by atoms with Crippen molar-refractivity contribution in [2.45, 2.75) is 13.5 Å². The minimum Gasteiger partial charge on any atom is -0.462 e. The number of rotatable bonds is 2. The average Bonchev–Trinajstić information content (AvgIpc) is 2.60. The van der Waals surface area contributed by atoms with Gasteiger partial charge in [-0.2, -0.15) is 0 Å². The Morgan fingerprint density at radius 2 is 2.33 bits per heavy atom. The van der Waals surface area contributed by atoms with E-state index >= 15 is 0 Å². The first-order chi connectivity index (χ1) is 7.22. The molecule has 15 heavy (non-hydrogen) atoms. The van der Waals surface area contributed by atoms with Crippen LogP contribution in [0.3, 0.4) is 0 Å². The summed E-state index contributed by atoms with van der Waals surface area (Å²) >= 11 is 0. The Morgan fingerprint density at radius 3 is 3.07 bits per heavy atom. The average molecular weight is 205 g/mol. The number of carbonyl (C=O) groups excluding carboxylic acids is 2. The van der Waals surface area contributed by atoms with E-state index in [4.69, 9.17) is 4.74 Å². The van der Waals surface area contributed by atoms with Crippen LogP contribution < -0.4 is 5.32 Å². The molecule has 0 radical (unpaired) electrons. The maximum absolute atomic E-state index is 11.4. The summed E-state index contributed by atoms with van der Waals surface area (Å²) < 4.78 is 4.87. The fourth-order valence-electron chi connectivity index (χ4n) is 1.57. The highest BCUT2D eigenvalue weighted by Gasteiger charge is 2.20. The second-order valence-electron chi connectivity index (χ2n) is 3.28. The third-order valence-corrected chi connectivity index (χ3v) is 2.30. The van der Waals surface area contributed by atoms with Crippen molar-refractivity contribution in [2.24, 2.45) is 0 Å². The summed E-state index contributed by atoms with van der Waals surface area (Å²) in [7, 11) is 0. The number of esters is 1. The molecule has 1 N–H and O–H groups in total. The molecule has 0 aliphatic carbocycles. The summed E-state index contributed by atoms with van der Waals surface area (Å²) in [6, 6.07) is 4.97. The monoisotopic (exact) mass is 205 g/mol. The van der Waals surface area contributed by atoms with Gasteiger partial charge in [-0.05, 0) is 30.7 Å². The normalized spacial score (nSPS) is 13.3. The van der Waals surface area contributed by atoms with Crippen LogP contribution in [0.4, 0.5) is 0 Å². The van der Waals surface area contributed by atoms with E-state index in [1.165, 1.54) is 0 Å². The number of hydrogen-bond acceptors (Lipinski definition) is 3. The van der Waals surface area contributed by atoms with Crippen molar-refractivity contribution in [3.05, 3.63) is 34.9 Å². The van der Waals surface area contributed by atoms with Gasteiger partial charge in [-0.25, -0.2) is 4.79 Å². The lowest BCUT2D eigenvalue weighted by atomic mass is 10.1. The molecule has 0 spiro atoms. The molecular weight excluding hydrogens is 194 g/mol. The maximum Gasteiger partial charge on any atom is 0.338 e. The fraction of sp³-hybridized carbons (Fsp3) is 0.273. The van der Waals surface area contributed by atoms with Gasteiger partial charge < -0.3 is 10.1 Å². The zero-order valence-electron chi connectivity index (χ0n) is 8.37. The fourth-order valence-corrected chi connectivity index (χ4v) is 1.57. The van der Waals surface area contributed by atoms with Gasteiger partial charge in [0.1, 0.15) is 0 Å². The Morgan fingerprint density at radius 1 is 1.53 bits per heavy atom. The largest absolute Gasteiger partial charge is 0.462 e. The third kappa shape index (κ3) is 1.70. The van der Waals surface area contributed by atoms with Gasteiger partial charge in [-0.3, -0.25) is 4.79 Å². The van der Waals surface area contributed by atoms with Gasteiger partial charge in [0.15, 0.2) is 0 Å². The van der Waals surface area contributed by atoms with E-state index < -0.39 is 0 Å². The van der Waals surface area contributed by atoms with Crippen molar-refractivity contribution >= 4 is 11.9 Å². The van der Waals surface area contributed by atoms with E-state index in [-0.39, 0.29) is 11.9 Å². The van der Waals surface area contributed by atoms with E-state index in [0.717, 1.165) is 5.56 Å². The van der Waals surface area contributed by atoms with Crippen molar-refractivity contribution in [2.75, 3.05) is 6.61 Å². The van der Waals surface area contributed by atoms with Gasteiger partial charge in [0, 0.05) is 12.1 Å². The second-order valence-corrected chi connectivity index (χ2v) is 3.28. The summed E-state index contributed by atoms with van der Waals surface area (Å²) in [5.41, 5.74) is 1.99. The van der Waals surface area contributed by atoms with Crippen molar-refractivity contribution in [1.82, 2.24) is 5.32 Å². The zero-order chi connectivity index (χ0) is 10.8. The lowest BCUT2D eigenvalue weighted by Crippen LogP contribution is -2.12. The Labute approximate surface area is 87.2 Å². The first-order valence-electron chi connectivity index (χ1n) is 4.80. The number of amides is 1. The Hall–Kier alpha value is -1.84. The molecule has 4 heteroatoms. The van der Waals surface area contributed by atoms with Gasteiger partial charge in [-0.1, -0.05) is 0 Å². The van der Waals surface area contributed by atoms with Crippen molar-refractivity contribution in [3.8, 4) is 0 Å². The molecule has 1 aromatic carbocycles. The van der Waals surface area contributed by atoms with Crippen LogP contribution in [-0.2, 0) is 11.3 Å². The molecule has 1 aliphatic heterocycles. The standard InChI is InChI=1S/C11H11NO3/c1-2-15-11(14)7-3-4-9-8(5-7)6-12-10(9)13/h3-5H,2,6H2,1H3,(H,12,13). The zero-order valence-corrected chi connectivity index (χ0v) is 8.37. The summed E-state index contributed by atoms with van der Waals surface area (Å²) in [6.07, 6.45) is 0. The van der Waals surface area contributed by atoms with Crippen LogP contribution in [0.15, 0.2) is 18.2 Å². The summed E-state index contributed by atoms with van der Waals surface area (Å²) in [5.74, 6) is -0.431. The maximum atomic E-state index is 11.4. The highest BCUT2D eigenvalue weighted by molar-refractivity contribution is 6.00. The van der Waals surface area contributed by atoms with E-state index in [2.05, 4.69) is 5.32 Å². The highest BCUT2D eigenvalue weighted by Crippen LogP contribution is 2.17. The van der Waals surface area contributed by atoms with Gasteiger partial charge in [0.25, 0.3) is 5.91 Å². The van der Waals surface area contributed by atoms with Crippen molar-refractivity contribution < 1.29 is 14.3 Å². The van der Waals surface area contributed by atoms with Crippen molar-refractivity contribution in [3.63, 3.8) is 0 Å². The Bertz CT molecular complexity index is 426. The van der Waals surface area contributed by atoms with Crippen LogP contribution in [0.5, 0.6) is 0 Å². The van der Waals surface area contributed by atoms with Gasteiger partial charge in [-0.15, -0.1) is 0 Å². The smallest absolute Gasteiger partial charge is 0.338 e. The molecule has 1 heterocycles. The molecule has 0 unspecified atom stereocenters. The van der Waals surface area contributed by atoms with Crippen LogP contribution >= 0.6 is 0 Å². The lowest BCUT2D eigenvalue weighted by Gasteiger charge is -2.02. The molecule has 1 aliphatic rings. The van der Waals surface area contributed by atoms with Crippen molar-refractivity contribution in [1.29, 1.82) is 0 Å². The molecule has 1 amide bonds. The predicted octanol–water partition coefficient (Wildman–Crippen LogP) is 1.11. The van der Waals surface area contributed by atoms with E-state index in [0.29, 0.717) is 24.3 Å². The summed E-state index contributed by atoms with van der Waals surface area (Å²) in [4.78, 5) is 22.6. The quantitative estimate of drug-likeness (QED) is 0.736. The Balaban J connectivity index is 2.30. The lowest BCUT2D eigenvalue weighted by molar-refractivity contribution is 0.0526. The summed E-state index contributed by atoms with van der Waals surface area (Å²) in [5, 5.41) is 2.69. The second kappa shape index (κ2) is 3.73. The molecule has 1 aromatic rings. The number of benzene rings is 1.